The molecular weight excluding hydrogens is 212 g/mol. The minimum Gasteiger partial charge on any atom is -0.387 e. The first kappa shape index (κ1) is 13.3. The summed E-state index contributed by atoms with van der Waals surface area (Å²) in [6.07, 6.45) is -1.26. The van der Waals surface area contributed by atoms with Crippen molar-refractivity contribution in [3.8, 4) is 0 Å². The zero-order valence-corrected chi connectivity index (χ0v) is 9.28. The Kier molecular flexibility index (Phi) is 5.11. The third kappa shape index (κ3) is 2.69. The van der Waals surface area contributed by atoms with Crippen LogP contribution in [0.2, 0.25) is 0 Å². The second-order valence-corrected chi connectivity index (χ2v) is 3.51. The highest BCUT2D eigenvalue weighted by Gasteiger charge is 2.44. The number of hydrogen-bond donors (Lipinski definition) is 2. The lowest BCUT2D eigenvalue weighted by molar-refractivity contribution is -0.286. The van der Waals surface area contributed by atoms with Crippen molar-refractivity contribution in [1.82, 2.24) is 0 Å². The quantitative estimate of drug-likeness (QED) is 0.642. The van der Waals surface area contributed by atoms with Crippen LogP contribution in [0.4, 0.5) is 0 Å². The molecule has 0 aromatic heterocycles. The SMILES string of the molecule is C=CCO[C@@H]1[C@@H](O)[C@H](C=C)O[C@@H](OC)[C@@H]1O. The van der Waals surface area contributed by atoms with Crippen LogP contribution in [0.1, 0.15) is 0 Å². The highest BCUT2D eigenvalue weighted by atomic mass is 16.7. The minimum absolute atomic E-state index is 0.235. The van der Waals surface area contributed by atoms with E-state index in [1.165, 1.54) is 13.2 Å². The number of aliphatic hydroxyl groups is 2. The Morgan fingerprint density at radius 1 is 1.31 bits per heavy atom. The fraction of sp³-hybridized carbons (Fsp3) is 0.636. The maximum Gasteiger partial charge on any atom is 0.186 e. The van der Waals surface area contributed by atoms with Gasteiger partial charge in [-0.25, -0.2) is 0 Å². The van der Waals surface area contributed by atoms with E-state index in [2.05, 4.69) is 13.2 Å². The van der Waals surface area contributed by atoms with Gasteiger partial charge in [0.25, 0.3) is 0 Å². The average Bonchev–Trinajstić information content (AvgIpc) is 2.29. The third-order valence-electron chi connectivity index (χ3n) is 2.45. The van der Waals surface area contributed by atoms with Gasteiger partial charge in [-0.05, 0) is 0 Å². The smallest absolute Gasteiger partial charge is 0.186 e. The molecule has 0 aromatic rings. The van der Waals surface area contributed by atoms with Gasteiger partial charge < -0.3 is 24.4 Å². The Bertz CT molecular complexity index is 243. The second kappa shape index (κ2) is 6.12. The lowest BCUT2D eigenvalue weighted by Gasteiger charge is -2.40. The van der Waals surface area contributed by atoms with Gasteiger partial charge in [-0.15, -0.1) is 13.2 Å². The van der Waals surface area contributed by atoms with Crippen molar-refractivity contribution in [2.45, 2.75) is 30.7 Å². The lowest BCUT2D eigenvalue weighted by Crippen LogP contribution is -2.58. The van der Waals surface area contributed by atoms with E-state index in [0.717, 1.165) is 0 Å². The molecule has 0 unspecified atom stereocenters. The number of hydrogen-bond acceptors (Lipinski definition) is 5. The van der Waals surface area contributed by atoms with Crippen molar-refractivity contribution in [3.05, 3.63) is 25.3 Å². The Morgan fingerprint density at radius 2 is 2.00 bits per heavy atom. The first-order valence-electron chi connectivity index (χ1n) is 5.05. The van der Waals surface area contributed by atoms with Crippen molar-refractivity contribution >= 4 is 0 Å². The highest BCUT2D eigenvalue weighted by Crippen LogP contribution is 2.24. The molecule has 1 heterocycles. The van der Waals surface area contributed by atoms with Crippen LogP contribution in [0.15, 0.2) is 25.3 Å². The molecule has 5 atom stereocenters. The van der Waals surface area contributed by atoms with E-state index in [0.29, 0.717) is 0 Å². The van der Waals surface area contributed by atoms with E-state index in [9.17, 15) is 10.2 Å². The first-order valence-corrected chi connectivity index (χ1v) is 5.05. The van der Waals surface area contributed by atoms with Crippen molar-refractivity contribution in [2.75, 3.05) is 13.7 Å². The predicted octanol–water partition coefficient (Wildman–Crippen LogP) is -0.163. The summed E-state index contributed by atoms with van der Waals surface area (Å²) < 4.78 is 15.5. The van der Waals surface area contributed by atoms with Crippen LogP contribution in [-0.4, -0.2) is 54.6 Å². The summed E-state index contributed by atoms with van der Waals surface area (Å²) in [5.74, 6) is 0. The van der Waals surface area contributed by atoms with Crippen molar-refractivity contribution in [2.24, 2.45) is 0 Å². The molecule has 0 radical (unpaired) electrons. The molecule has 1 fully saturated rings. The van der Waals surface area contributed by atoms with Crippen LogP contribution in [0, 0.1) is 0 Å². The number of methoxy groups -OCH3 is 1. The second-order valence-electron chi connectivity index (χ2n) is 3.51. The standard InChI is InChI=1S/C11H18O5/c1-4-6-15-10-8(12)7(5-2)16-11(14-3)9(10)13/h4-5,7-13H,1-2,6H2,3H3/t7-,8-,9+,10+,11+/m0/s1. The van der Waals surface area contributed by atoms with Gasteiger partial charge in [-0.2, -0.15) is 0 Å². The average molecular weight is 230 g/mol. The maximum absolute atomic E-state index is 9.87. The number of ether oxygens (including phenoxy) is 3. The van der Waals surface area contributed by atoms with Gasteiger partial charge >= 0.3 is 0 Å². The lowest BCUT2D eigenvalue weighted by atomic mass is 9.98. The summed E-state index contributed by atoms with van der Waals surface area (Å²) in [7, 11) is 1.41. The maximum atomic E-state index is 9.87. The van der Waals surface area contributed by atoms with Crippen LogP contribution in [0.5, 0.6) is 0 Å². The molecule has 1 rings (SSSR count). The summed E-state index contributed by atoms with van der Waals surface area (Å²) >= 11 is 0. The molecule has 5 nitrogen and oxygen atoms in total. The zero-order valence-electron chi connectivity index (χ0n) is 9.28. The molecule has 0 aromatic carbocycles. The molecule has 5 heteroatoms. The van der Waals surface area contributed by atoms with Gasteiger partial charge in [0, 0.05) is 7.11 Å². The van der Waals surface area contributed by atoms with E-state index in [4.69, 9.17) is 14.2 Å². The van der Waals surface area contributed by atoms with Gasteiger partial charge in [0.05, 0.1) is 6.61 Å². The van der Waals surface area contributed by atoms with E-state index in [1.807, 2.05) is 0 Å². The molecule has 1 saturated heterocycles. The molecule has 0 aliphatic carbocycles. The molecule has 16 heavy (non-hydrogen) atoms. The molecule has 0 saturated carbocycles. The van der Waals surface area contributed by atoms with E-state index in [1.54, 1.807) is 6.08 Å². The van der Waals surface area contributed by atoms with Crippen molar-refractivity contribution in [3.63, 3.8) is 0 Å². The molecule has 92 valence electrons. The highest BCUT2D eigenvalue weighted by molar-refractivity contribution is 4.98. The minimum atomic E-state index is -1.05. The molecule has 2 N–H and O–H groups in total. The zero-order chi connectivity index (χ0) is 12.1. The van der Waals surface area contributed by atoms with E-state index >= 15 is 0 Å². The molecule has 1 aliphatic heterocycles. The fourth-order valence-corrected chi connectivity index (χ4v) is 1.63. The Balaban J connectivity index is 2.74. The summed E-state index contributed by atoms with van der Waals surface area (Å²) in [4.78, 5) is 0. The summed E-state index contributed by atoms with van der Waals surface area (Å²) in [6, 6.07) is 0. The Morgan fingerprint density at radius 3 is 2.50 bits per heavy atom. The summed E-state index contributed by atoms with van der Waals surface area (Å²) in [5.41, 5.74) is 0. The van der Waals surface area contributed by atoms with Gasteiger partial charge in [-0.3, -0.25) is 0 Å². The third-order valence-corrected chi connectivity index (χ3v) is 2.45. The fourth-order valence-electron chi connectivity index (χ4n) is 1.63. The molecular formula is C11H18O5. The van der Waals surface area contributed by atoms with Crippen LogP contribution >= 0.6 is 0 Å². The monoisotopic (exact) mass is 230 g/mol. The van der Waals surface area contributed by atoms with E-state index < -0.39 is 30.7 Å². The van der Waals surface area contributed by atoms with Gasteiger partial charge in [-0.1, -0.05) is 12.2 Å². The van der Waals surface area contributed by atoms with Crippen molar-refractivity contribution < 1.29 is 24.4 Å². The number of rotatable bonds is 5. The largest absolute Gasteiger partial charge is 0.387 e. The van der Waals surface area contributed by atoms with Gasteiger partial charge in [0.15, 0.2) is 6.29 Å². The summed E-state index contributed by atoms with van der Waals surface area (Å²) in [6.45, 7) is 7.28. The molecule has 0 amide bonds. The number of aliphatic hydroxyl groups excluding tert-OH is 2. The van der Waals surface area contributed by atoms with Gasteiger partial charge in [0.2, 0.25) is 0 Å². The topological polar surface area (TPSA) is 68.2 Å². The summed E-state index contributed by atoms with van der Waals surface area (Å²) in [5, 5.41) is 19.7. The van der Waals surface area contributed by atoms with E-state index in [-0.39, 0.29) is 6.61 Å². The van der Waals surface area contributed by atoms with Crippen molar-refractivity contribution in [1.29, 1.82) is 0 Å². The van der Waals surface area contributed by atoms with Gasteiger partial charge in [0.1, 0.15) is 24.4 Å². The Labute approximate surface area is 94.9 Å². The van der Waals surface area contributed by atoms with Crippen LogP contribution in [-0.2, 0) is 14.2 Å². The predicted molar refractivity (Wildman–Crippen MR) is 57.8 cm³/mol. The normalized spacial score (nSPS) is 39.3. The molecule has 0 spiro atoms. The first-order chi connectivity index (χ1) is 7.65. The Hall–Kier alpha value is -0.720. The van der Waals surface area contributed by atoms with Crippen LogP contribution in [0.25, 0.3) is 0 Å². The van der Waals surface area contributed by atoms with Crippen LogP contribution in [0.3, 0.4) is 0 Å². The van der Waals surface area contributed by atoms with Crippen LogP contribution < -0.4 is 0 Å². The molecule has 0 bridgehead atoms. The molecule has 1 aliphatic rings.